The minimum atomic E-state index is -0.487. The predicted octanol–water partition coefficient (Wildman–Crippen LogP) is 3.75. The van der Waals surface area contributed by atoms with Gasteiger partial charge in [-0.15, -0.1) is 5.10 Å². The first kappa shape index (κ1) is 26.1. The lowest BCUT2D eigenvalue weighted by Gasteiger charge is -2.05. The first-order valence-corrected chi connectivity index (χ1v) is 11.4. The van der Waals surface area contributed by atoms with Gasteiger partial charge in [-0.3, -0.25) is 9.59 Å². The number of phenols is 2. The molecule has 10 nitrogen and oxygen atoms in total. The summed E-state index contributed by atoms with van der Waals surface area (Å²) in [4.78, 5) is 25.4. The van der Waals surface area contributed by atoms with Crippen molar-refractivity contribution in [1.82, 2.24) is 15.0 Å². The highest BCUT2D eigenvalue weighted by Gasteiger charge is 2.13. The number of aryl methyl sites for hydroxylation is 1. The monoisotopic (exact) mass is 508 g/mol. The van der Waals surface area contributed by atoms with Crippen LogP contribution in [0, 0.1) is 6.92 Å². The number of nitrogens with one attached hydrogen (secondary N) is 1. The molecule has 36 heavy (non-hydrogen) atoms. The van der Waals surface area contributed by atoms with Crippen LogP contribution < -0.4 is 14.9 Å². The van der Waals surface area contributed by atoms with Crippen LogP contribution in [0.2, 0.25) is 0 Å². The number of hydrazone groups is 1. The van der Waals surface area contributed by atoms with Gasteiger partial charge in [0.15, 0.2) is 28.8 Å². The van der Waals surface area contributed by atoms with E-state index in [1.165, 1.54) is 32.4 Å². The number of rotatable bonds is 10. The number of carbonyl (C=O) groups is 2. The first-order valence-electron chi connectivity index (χ1n) is 10.6. The second-order valence-electron chi connectivity index (χ2n) is 7.40. The van der Waals surface area contributed by atoms with Gasteiger partial charge in [0.25, 0.3) is 5.91 Å². The molecule has 186 valence electrons. The van der Waals surface area contributed by atoms with Crippen molar-refractivity contribution in [1.29, 1.82) is 0 Å². The summed E-state index contributed by atoms with van der Waals surface area (Å²) in [6.07, 6.45) is 6.10. The number of amides is 1. The lowest BCUT2D eigenvalue weighted by atomic mass is 10.1. The molecule has 0 saturated carbocycles. The van der Waals surface area contributed by atoms with Gasteiger partial charge in [-0.2, -0.15) is 5.10 Å². The summed E-state index contributed by atoms with van der Waals surface area (Å²) in [5, 5.41) is 27.4. The Bertz CT molecular complexity index is 1350. The highest BCUT2D eigenvalue weighted by molar-refractivity contribution is 7.08. The Morgan fingerprint density at radius 2 is 1.58 bits per heavy atom. The van der Waals surface area contributed by atoms with Crippen LogP contribution in [0.15, 0.2) is 53.7 Å². The van der Waals surface area contributed by atoms with Crippen molar-refractivity contribution in [3.63, 3.8) is 0 Å². The number of phenolic OH excluding ortho intramolecular Hbond substituents is 2. The maximum absolute atomic E-state index is 12.7. The summed E-state index contributed by atoms with van der Waals surface area (Å²) < 4.78 is 13.9. The average molecular weight is 509 g/mol. The second kappa shape index (κ2) is 12.3. The number of ether oxygens (including phenoxy) is 2. The van der Waals surface area contributed by atoms with Gasteiger partial charge >= 0.3 is 0 Å². The predicted molar refractivity (Wildman–Crippen MR) is 137 cm³/mol. The van der Waals surface area contributed by atoms with Crippen LogP contribution in [-0.2, 0) is 4.79 Å². The van der Waals surface area contributed by atoms with Gasteiger partial charge in [-0.1, -0.05) is 28.8 Å². The topological polar surface area (TPSA) is 143 Å². The Hall–Kier alpha value is -4.51. The quantitative estimate of drug-likeness (QED) is 0.213. The Morgan fingerprint density at radius 3 is 2.11 bits per heavy atom. The molecule has 3 N–H and O–H groups in total. The second-order valence-corrected chi connectivity index (χ2v) is 8.16. The SMILES string of the molecule is COc1cc(/C=C/C(=O)CC(/C=C/c2ccc(O)c(OC)c2)=N/NC(=O)c2snnc2C)ccc1O. The number of ketones is 1. The fourth-order valence-electron chi connectivity index (χ4n) is 2.96. The fourth-order valence-corrected chi connectivity index (χ4v) is 3.51. The lowest BCUT2D eigenvalue weighted by molar-refractivity contribution is -0.113. The summed E-state index contributed by atoms with van der Waals surface area (Å²) in [7, 11) is 2.88. The Labute approximate surface area is 211 Å². The molecule has 11 heteroatoms. The van der Waals surface area contributed by atoms with Crippen LogP contribution >= 0.6 is 11.5 Å². The first-order chi connectivity index (χ1) is 17.3. The van der Waals surface area contributed by atoms with E-state index >= 15 is 0 Å². The number of allylic oxidation sites excluding steroid dienone is 2. The molecule has 0 spiro atoms. The number of hydrogen-bond donors (Lipinski definition) is 3. The van der Waals surface area contributed by atoms with Crippen LogP contribution in [0.3, 0.4) is 0 Å². The van der Waals surface area contributed by atoms with E-state index in [1.807, 2.05) is 0 Å². The standard InChI is InChI=1S/C25H24N4O6S/c1-15-24(36-29-26-15)25(33)28-27-18(8-4-16-6-10-20(31)22(12-16)34-2)14-19(30)9-5-17-7-11-21(32)23(13-17)35-3/h4-13,31-32H,14H2,1-3H3,(H,28,33)/b8-4+,9-5+,27-18+. The number of methoxy groups -OCH3 is 2. The van der Waals surface area contributed by atoms with E-state index in [0.717, 1.165) is 11.5 Å². The average Bonchev–Trinajstić information content (AvgIpc) is 3.31. The third kappa shape index (κ3) is 7.00. The zero-order chi connectivity index (χ0) is 26.1. The maximum atomic E-state index is 12.7. The molecule has 0 bridgehead atoms. The number of carbonyl (C=O) groups excluding carboxylic acids is 2. The van der Waals surface area contributed by atoms with E-state index in [-0.39, 0.29) is 35.2 Å². The van der Waals surface area contributed by atoms with Crippen molar-refractivity contribution in [3.05, 3.63) is 70.2 Å². The minimum Gasteiger partial charge on any atom is -0.504 e. The molecule has 1 aromatic heterocycles. The zero-order valence-electron chi connectivity index (χ0n) is 19.8. The molecule has 0 atom stereocenters. The minimum absolute atomic E-state index is 0.00415. The number of benzene rings is 2. The highest BCUT2D eigenvalue weighted by Crippen LogP contribution is 2.27. The van der Waals surface area contributed by atoms with Gasteiger partial charge in [0, 0.05) is 0 Å². The van der Waals surface area contributed by atoms with Gasteiger partial charge in [0.2, 0.25) is 0 Å². The number of aromatic hydroxyl groups is 2. The third-order valence-electron chi connectivity index (χ3n) is 4.85. The molecule has 1 amide bonds. The van der Waals surface area contributed by atoms with Gasteiger partial charge in [-0.25, -0.2) is 5.43 Å². The summed E-state index contributed by atoms with van der Waals surface area (Å²) in [6.45, 7) is 1.66. The van der Waals surface area contributed by atoms with Crippen molar-refractivity contribution in [2.24, 2.45) is 5.10 Å². The molecule has 0 aliphatic rings. The highest BCUT2D eigenvalue weighted by atomic mass is 32.1. The van der Waals surface area contributed by atoms with Crippen molar-refractivity contribution < 1.29 is 29.3 Å². The molecule has 0 unspecified atom stereocenters. The largest absolute Gasteiger partial charge is 0.504 e. The van der Waals surface area contributed by atoms with Gasteiger partial charge < -0.3 is 19.7 Å². The van der Waals surface area contributed by atoms with Crippen molar-refractivity contribution >= 4 is 41.1 Å². The smallest absolute Gasteiger partial charge is 0.285 e. The van der Waals surface area contributed by atoms with Gasteiger partial charge in [0.05, 0.1) is 32.0 Å². The Kier molecular flexibility index (Phi) is 8.89. The normalized spacial score (nSPS) is 11.7. The molecule has 0 saturated heterocycles. The van der Waals surface area contributed by atoms with Gasteiger partial charge in [0.1, 0.15) is 4.88 Å². The molecule has 0 radical (unpaired) electrons. The van der Waals surface area contributed by atoms with Crippen LogP contribution in [0.25, 0.3) is 12.2 Å². The van der Waals surface area contributed by atoms with Crippen LogP contribution in [0.5, 0.6) is 23.0 Å². The molecule has 0 aliphatic heterocycles. The van der Waals surface area contributed by atoms with E-state index in [4.69, 9.17) is 9.47 Å². The number of hydrogen-bond acceptors (Lipinski definition) is 10. The van der Waals surface area contributed by atoms with Crippen molar-refractivity contribution in [2.75, 3.05) is 14.2 Å². The number of aromatic nitrogens is 2. The van der Waals surface area contributed by atoms with E-state index in [0.29, 0.717) is 27.4 Å². The third-order valence-corrected chi connectivity index (χ3v) is 5.68. The molecule has 3 aromatic rings. The van der Waals surface area contributed by atoms with Crippen molar-refractivity contribution in [2.45, 2.75) is 13.3 Å². The summed E-state index contributed by atoms with van der Waals surface area (Å²) in [6, 6.07) is 9.47. The molecular weight excluding hydrogens is 484 g/mol. The van der Waals surface area contributed by atoms with Gasteiger partial charge in [-0.05, 0) is 66.0 Å². The van der Waals surface area contributed by atoms with Crippen molar-refractivity contribution in [3.8, 4) is 23.0 Å². The molecular formula is C25H24N4O6S. The molecule has 0 aliphatic carbocycles. The summed E-state index contributed by atoms with van der Waals surface area (Å²) in [5.41, 5.74) is 4.54. The molecule has 1 heterocycles. The zero-order valence-corrected chi connectivity index (χ0v) is 20.6. The van der Waals surface area contributed by atoms with E-state index in [1.54, 1.807) is 49.4 Å². The maximum Gasteiger partial charge on any atom is 0.285 e. The summed E-state index contributed by atoms with van der Waals surface area (Å²) >= 11 is 0.944. The molecule has 3 rings (SSSR count). The summed E-state index contributed by atoms with van der Waals surface area (Å²) in [5.74, 6) is -0.198. The van der Waals surface area contributed by atoms with Crippen LogP contribution in [-0.4, -0.2) is 51.4 Å². The molecule has 2 aromatic carbocycles. The fraction of sp³-hybridized carbons (Fsp3) is 0.160. The number of nitrogens with zero attached hydrogens (tertiary/aromatic N) is 3. The van der Waals surface area contributed by atoms with E-state index in [9.17, 15) is 19.8 Å². The Balaban J connectivity index is 1.80. The van der Waals surface area contributed by atoms with E-state index in [2.05, 4.69) is 20.1 Å². The lowest BCUT2D eigenvalue weighted by Crippen LogP contribution is -2.20. The Morgan fingerprint density at radius 1 is 1.00 bits per heavy atom. The molecule has 0 fully saturated rings. The van der Waals surface area contributed by atoms with Crippen LogP contribution in [0.1, 0.15) is 32.9 Å². The van der Waals surface area contributed by atoms with Crippen LogP contribution in [0.4, 0.5) is 0 Å². The van der Waals surface area contributed by atoms with E-state index < -0.39 is 5.91 Å².